The number of ether oxygens (including phenoxy) is 3. The van der Waals surface area contributed by atoms with E-state index >= 15 is 0 Å². The van der Waals surface area contributed by atoms with Crippen LogP contribution in [0, 0.1) is 13.8 Å². The van der Waals surface area contributed by atoms with Crippen LogP contribution in [-0.4, -0.2) is 26.3 Å². The highest BCUT2D eigenvalue weighted by molar-refractivity contribution is 5.83. The van der Waals surface area contributed by atoms with Crippen molar-refractivity contribution in [3.8, 4) is 17.2 Å². The summed E-state index contributed by atoms with van der Waals surface area (Å²) in [6.45, 7) is 4.42. The maximum absolute atomic E-state index is 12.5. The van der Waals surface area contributed by atoms with E-state index in [1.54, 1.807) is 21.3 Å². The molecule has 0 fully saturated rings. The van der Waals surface area contributed by atoms with Crippen molar-refractivity contribution < 1.29 is 14.2 Å². The first-order valence-electron chi connectivity index (χ1n) is 8.64. The number of aromatic nitrogens is 1. The lowest BCUT2D eigenvalue weighted by atomic mass is 10.1. The Morgan fingerprint density at radius 2 is 1.59 bits per heavy atom. The average molecular weight is 368 g/mol. The van der Waals surface area contributed by atoms with E-state index in [4.69, 9.17) is 14.2 Å². The first kappa shape index (κ1) is 18.6. The molecule has 1 heterocycles. The number of H-pyrrole nitrogens is 1. The van der Waals surface area contributed by atoms with Gasteiger partial charge in [0.05, 0.1) is 26.8 Å². The standard InChI is InChI=1S/C21H24N2O4/c1-12-6-13(2)19-14(7-12)8-15(21(24)23-19)11-22-16-9-17(25-3)20(27-5)18(10-16)26-4/h6-10,22H,11H2,1-5H3,(H,23,24). The lowest BCUT2D eigenvalue weighted by molar-refractivity contribution is 0.324. The van der Waals surface area contributed by atoms with E-state index in [0.717, 1.165) is 27.7 Å². The molecule has 0 aliphatic heterocycles. The summed E-state index contributed by atoms with van der Waals surface area (Å²) in [4.78, 5) is 15.5. The number of methoxy groups -OCH3 is 3. The Morgan fingerprint density at radius 3 is 2.19 bits per heavy atom. The van der Waals surface area contributed by atoms with Crippen molar-refractivity contribution in [2.24, 2.45) is 0 Å². The summed E-state index contributed by atoms with van der Waals surface area (Å²) in [5.41, 5.74) is 4.42. The fourth-order valence-corrected chi connectivity index (χ4v) is 3.24. The zero-order valence-electron chi connectivity index (χ0n) is 16.2. The Hall–Kier alpha value is -3.15. The van der Waals surface area contributed by atoms with E-state index in [2.05, 4.69) is 22.4 Å². The molecule has 6 nitrogen and oxygen atoms in total. The minimum Gasteiger partial charge on any atom is -0.493 e. The molecule has 3 aromatic rings. The first-order chi connectivity index (χ1) is 13.0. The van der Waals surface area contributed by atoms with Gasteiger partial charge in [0.1, 0.15) is 0 Å². The molecule has 1 aromatic heterocycles. The number of anilines is 1. The van der Waals surface area contributed by atoms with Crippen LogP contribution in [0.15, 0.2) is 35.1 Å². The Bertz CT molecular complexity index is 1020. The molecule has 0 bridgehead atoms. The van der Waals surface area contributed by atoms with Crippen molar-refractivity contribution >= 4 is 16.6 Å². The molecule has 0 saturated carbocycles. The molecule has 0 spiro atoms. The lowest BCUT2D eigenvalue weighted by Crippen LogP contribution is -2.16. The number of pyridine rings is 1. The maximum atomic E-state index is 12.5. The van der Waals surface area contributed by atoms with E-state index in [1.807, 2.05) is 32.0 Å². The molecular weight excluding hydrogens is 344 g/mol. The fourth-order valence-electron chi connectivity index (χ4n) is 3.24. The van der Waals surface area contributed by atoms with Crippen LogP contribution in [0.25, 0.3) is 10.9 Å². The molecule has 27 heavy (non-hydrogen) atoms. The number of rotatable bonds is 6. The van der Waals surface area contributed by atoms with Crippen LogP contribution in [0.5, 0.6) is 17.2 Å². The van der Waals surface area contributed by atoms with Gasteiger partial charge in [-0.3, -0.25) is 4.79 Å². The molecule has 0 atom stereocenters. The van der Waals surface area contributed by atoms with Crippen molar-refractivity contribution in [3.05, 3.63) is 57.4 Å². The number of fused-ring (bicyclic) bond motifs is 1. The Kier molecular flexibility index (Phi) is 5.26. The maximum Gasteiger partial charge on any atom is 0.253 e. The van der Waals surface area contributed by atoms with Gasteiger partial charge in [-0.05, 0) is 36.9 Å². The molecule has 0 aliphatic rings. The molecule has 6 heteroatoms. The molecule has 0 saturated heterocycles. The molecule has 2 aromatic carbocycles. The number of aromatic amines is 1. The fraction of sp³-hybridized carbons (Fsp3) is 0.286. The molecular formula is C21H24N2O4. The van der Waals surface area contributed by atoms with Gasteiger partial charge in [-0.1, -0.05) is 11.6 Å². The summed E-state index contributed by atoms with van der Waals surface area (Å²) < 4.78 is 16.1. The van der Waals surface area contributed by atoms with Crippen LogP contribution in [-0.2, 0) is 6.54 Å². The van der Waals surface area contributed by atoms with Crippen molar-refractivity contribution in [2.45, 2.75) is 20.4 Å². The van der Waals surface area contributed by atoms with Crippen molar-refractivity contribution in [1.82, 2.24) is 4.98 Å². The van der Waals surface area contributed by atoms with Gasteiger partial charge >= 0.3 is 0 Å². The first-order valence-corrected chi connectivity index (χ1v) is 8.64. The minimum absolute atomic E-state index is 0.102. The second kappa shape index (κ2) is 7.61. The SMILES string of the molecule is COc1cc(NCc2cc3cc(C)cc(C)c3[nH]c2=O)cc(OC)c1OC. The molecule has 2 N–H and O–H groups in total. The normalized spacial score (nSPS) is 10.7. The molecule has 0 radical (unpaired) electrons. The van der Waals surface area contributed by atoms with Crippen molar-refractivity contribution in [3.63, 3.8) is 0 Å². The third-order valence-corrected chi connectivity index (χ3v) is 4.52. The zero-order chi connectivity index (χ0) is 19.6. The Balaban J connectivity index is 1.93. The van der Waals surface area contributed by atoms with Gasteiger partial charge in [0.25, 0.3) is 5.56 Å². The van der Waals surface area contributed by atoms with Crippen LogP contribution >= 0.6 is 0 Å². The van der Waals surface area contributed by atoms with Gasteiger partial charge in [0, 0.05) is 29.9 Å². The number of aryl methyl sites for hydroxylation is 2. The monoisotopic (exact) mass is 368 g/mol. The highest BCUT2D eigenvalue weighted by atomic mass is 16.5. The third kappa shape index (κ3) is 3.69. The average Bonchev–Trinajstić information content (AvgIpc) is 2.66. The highest BCUT2D eigenvalue weighted by Gasteiger charge is 2.13. The zero-order valence-corrected chi connectivity index (χ0v) is 16.2. The summed E-state index contributed by atoms with van der Waals surface area (Å²) in [5.74, 6) is 1.64. The quantitative estimate of drug-likeness (QED) is 0.693. The second-order valence-electron chi connectivity index (χ2n) is 6.44. The highest BCUT2D eigenvalue weighted by Crippen LogP contribution is 2.40. The smallest absolute Gasteiger partial charge is 0.253 e. The van der Waals surface area contributed by atoms with Gasteiger partial charge in [-0.15, -0.1) is 0 Å². The van der Waals surface area contributed by atoms with Crippen LogP contribution in [0.4, 0.5) is 5.69 Å². The number of benzene rings is 2. The van der Waals surface area contributed by atoms with Gasteiger partial charge in [-0.2, -0.15) is 0 Å². The van der Waals surface area contributed by atoms with Gasteiger partial charge < -0.3 is 24.5 Å². The summed E-state index contributed by atoms with van der Waals surface area (Å²) >= 11 is 0. The number of hydrogen-bond donors (Lipinski definition) is 2. The van der Waals surface area contributed by atoms with Crippen molar-refractivity contribution in [1.29, 1.82) is 0 Å². The van der Waals surface area contributed by atoms with Gasteiger partial charge in [-0.25, -0.2) is 0 Å². The Labute approximate surface area is 158 Å². The predicted molar refractivity (Wildman–Crippen MR) is 107 cm³/mol. The minimum atomic E-state index is -0.102. The van der Waals surface area contributed by atoms with Gasteiger partial charge in [0.2, 0.25) is 5.75 Å². The molecule has 0 amide bonds. The van der Waals surface area contributed by atoms with Crippen LogP contribution in [0.1, 0.15) is 16.7 Å². The number of hydrogen-bond acceptors (Lipinski definition) is 5. The summed E-state index contributed by atoms with van der Waals surface area (Å²) in [5, 5.41) is 4.28. The van der Waals surface area contributed by atoms with E-state index in [1.165, 1.54) is 0 Å². The lowest BCUT2D eigenvalue weighted by Gasteiger charge is -2.15. The summed E-state index contributed by atoms with van der Waals surface area (Å²) in [7, 11) is 4.70. The topological polar surface area (TPSA) is 72.6 Å². The summed E-state index contributed by atoms with van der Waals surface area (Å²) in [6.07, 6.45) is 0. The molecule has 0 unspecified atom stereocenters. The number of nitrogens with one attached hydrogen (secondary N) is 2. The van der Waals surface area contributed by atoms with Crippen molar-refractivity contribution in [2.75, 3.05) is 26.6 Å². The van der Waals surface area contributed by atoms with E-state index in [0.29, 0.717) is 29.4 Å². The molecule has 142 valence electrons. The van der Waals surface area contributed by atoms with E-state index < -0.39 is 0 Å². The van der Waals surface area contributed by atoms with Crippen LogP contribution < -0.4 is 25.1 Å². The molecule has 0 aliphatic carbocycles. The van der Waals surface area contributed by atoms with E-state index in [-0.39, 0.29) is 5.56 Å². The Morgan fingerprint density at radius 1 is 0.926 bits per heavy atom. The van der Waals surface area contributed by atoms with Crippen LogP contribution in [0.3, 0.4) is 0 Å². The third-order valence-electron chi connectivity index (χ3n) is 4.52. The van der Waals surface area contributed by atoms with Crippen LogP contribution in [0.2, 0.25) is 0 Å². The summed E-state index contributed by atoms with van der Waals surface area (Å²) in [6, 6.07) is 9.68. The molecule has 3 rings (SSSR count). The van der Waals surface area contributed by atoms with E-state index in [9.17, 15) is 4.79 Å². The predicted octanol–water partition coefficient (Wildman–Crippen LogP) is 3.78. The largest absolute Gasteiger partial charge is 0.493 e. The second-order valence-corrected chi connectivity index (χ2v) is 6.44. The van der Waals surface area contributed by atoms with Gasteiger partial charge in [0.15, 0.2) is 11.5 Å².